The fourth-order valence-electron chi connectivity index (χ4n) is 2.89. The molecule has 0 aromatic heterocycles. The number of amides is 3. The van der Waals surface area contributed by atoms with Gasteiger partial charge in [-0.2, -0.15) is 0 Å². The Kier molecular flexibility index (Phi) is 8.44. The lowest BCUT2D eigenvalue weighted by Gasteiger charge is -2.21. The van der Waals surface area contributed by atoms with E-state index in [0.29, 0.717) is 12.8 Å². The highest BCUT2D eigenvalue weighted by atomic mass is 16.4. The summed E-state index contributed by atoms with van der Waals surface area (Å²) < 4.78 is 0. The van der Waals surface area contributed by atoms with E-state index < -0.39 is 30.0 Å². The van der Waals surface area contributed by atoms with Crippen LogP contribution in [0.25, 0.3) is 0 Å². The van der Waals surface area contributed by atoms with Crippen molar-refractivity contribution in [3.8, 4) is 0 Å². The van der Waals surface area contributed by atoms with Gasteiger partial charge in [-0.05, 0) is 24.0 Å². The molecule has 2 rings (SSSR count). The number of primary amides is 1. The molecule has 0 saturated heterocycles. The van der Waals surface area contributed by atoms with Gasteiger partial charge in [-0.1, -0.05) is 66.7 Å². The minimum absolute atomic E-state index is 0.212. The van der Waals surface area contributed by atoms with Gasteiger partial charge in [0.05, 0.1) is 0 Å². The summed E-state index contributed by atoms with van der Waals surface area (Å²) in [5.74, 6) is -1.09. The van der Waals surface area contributed by atoms with E-state index in [0.717, 1.165) is 11.1 Å². The molecule has 7 nitrogen and oxygen atoms in total. The Morgan fingerprint density at radius 2 is 1.52 bits per heavy atom. The normalized spacial score (nSPS) is 12.8. The van der Waals surface area contributed by atoms with Gasteiger partial charge in [-0.25, -0.2) is 4.79 Å². The van der Waals surface area contributed by atoms with Crippen LogP contribution in [0.15, 0.2) is 72.8 Å². The third kappa shape index (κ3) is 8.30. The summed E-state index contributed by atoms with van der Waals surface area (Å²) in [6.07, 6.45) is 2.87. The van der Waals surface area contributed by atoms with Crippen LogP contribution in [-0.2, 0) is 22.4 Å². The van der Waals surface area contributed by atoms with Crippen molar-refractivity contribution < 1.29 is 19.5 Å². The van der Waals surface area contributed by atoms with Crippen molar-refractivity contribution in [2.45, 2.75) is 31.3 Å². The Hall–Kier alpha value is -3.61. The number of hydrogen-bond acceptors (Lipinski definition) is 3. The molecular formula is C22H25N3O4. The van der Waals surface area contributed by atoms with E-state index in [4.69, 9.17) is 10.8 Å². The van der Waals surface area contributed by atoms with Gasteiger partial charge in [0.2, 0.25) is 11.8 Å². The number of rotatable bonds is 10. The largest absolute Gasteiger partial charge is 0.465 e. The molecule has 2 aromatic rings. The van der Waals surface area contributed by atoms with Gasteiger partial charge in [0.25, 0.3) is 0 Å². The molecule has 0 aliphatic rings. The van der Waals surface area contributed by atoms with E-state index in [9.17, 15) is 14.4 Å². The molecular weight excluding hydrogens is 370 g/mol. The van der Waals surface area contributed by atoms with E-state index in [1.807, 2.05) is 60.7 Å². The standard InChI is InChI=1S/C22H25N3O4/c23-20(26)14-13-18(12-11-16-7-3-1-4-8-16)24-21(27)19(25-22(28)29)15-17-9-5-2-6-10-17/h1-10,13-14,18-19,25H,11-12,15H2,(H2,23,26)(H,24,27)(H,28,29)/b14-13+. The first-order valence-corrected chi connectivity index (χ1v) is 9.29. The average molecular weight is 395 g/mol. The zero-order valence-corrected chi connectivity index (χ0v) is 16.0. The minimum atomic E-state index is -1.28. The molecule has 2 atom stereocenters. The maximum atomic E-state index is 12.8. The van der Waals surface area contributed by atoms with Crippen molar-refractivity contribution in [1.82, 2.24) is 10.6 Å². The van der Waals surface area contributed by atoms with E-state index in [1.54, 1.807) is 0 Å². The molecule has 0 heterocycles. The van der Waals surface area contributed by atoms with E-state index in [2.05, 4.69) is 10.6 Å². The summed E-state index contributed by atoms with van der Waals surface area (Å²) in [7, 11) is 0. The molecule has 3 amide bonds. The minimum Gasteiger partial charge on any atom is -0.465 e. The molecule has 5 N–H and O–H groups in total. The second-order valence-corrected chi connectivity index (χ2v) is 6.59. The van der Waals surface area contributed by atoms with Gasteiger partial charge in [-0.15, -0.1) is 0 Å². The van der Waals surface area contributed by atoms with Crippen LogP contribution < -0.4 is 16.4 Å². The van der Waals surface area contributed by atoms with Crippen molar-refractivity contribution >= 4 is 17.9 Å². The number of carboxylic acid groups (broad SMARTS) is 1. The molecule has 0 radical (unpaired) electrons. The Balaban J connectivity index is 2.08. The summed E-state index contributed by atoms with van der Waals surface area (Å²) in [6.45, 7) is 0. The number of benzene rings is 2. The van der Waals surface area contributed by atoms with Crippen LogP contribution >= 0.6 is 0 Å². The van der Waals surface area contributed by atoms with Crippen LogP contribution in [0.5, 0.6) is 0 Å². The molecule has 2 unspecified atom stereocenters. The average Bonchev–Trinajstić information content (AvgIpc) is 2.70. The van der Waals surface area contributed by atoms with Crippen LogP contribution in [0.1, 0.15) is 17.5 Å². The van der Waals surface area contributed by atoms with E-state index >= 15 is 0 Å². The lowest BCUT2D eigenvalue weighted by molar-refractivity contribution is -0.123. The van der Waals surface area contributed by atoms with Crippen LogP contribution in [-0.4, -0.2) is 35.1 Å². The predicted molar refractivity (Wildman–Crippen MR) is 110 cm³/mol. The maximum absolute atomic E-state index is 12.8. The van der Waals surface area contributed by atoms with Crippen molar-refractivity contribution in [3.05, 3.63) is 83.9 Å². The van der Waals surface area contributed by atoms with Gasteiger partial charge in [-0.3, -0.25) is 9.59 Å². The molecule has 2 aromatic carbocycles. The fourth-order valence-corrected chi connectivity index (χ4v) is 2.89. The number of nitrogens with one attached hydrogen (secondary N) is 2. The molecule has 0 bridgehead atoms. The Morgan fingerprint density at radius 3 is 2.07 bits per heavy atom. The first-order valence-electron chi connectivity index (χ1n) is 9.29. The second kappa shape index (κ2) is 11.3. The Morgan fingerprint density at radius 1 is 0.931 bits per heavy atom. The van der Waals surface area contributed by atoms with Gasteiger partial charge < -0.3 is 21.5 Å². The summed E-state index contributed by atoms with van der Waals surface area (Å²) >= 11 is 0. The quantitative estimate of drug-likeness (QED) is 0.460. The number of carbonyl (C=O) groups is 3. The van der Waals surface area contributed by atoms with Crippen LogP contribution in [0.4, 0.5) is 4.79 Å². The lowest BCUT2D eigenvalue weighted by Crippen LogP contribution is -2.50. The maximum Gasteiger partial charge on any atom is 0.405 e. The molecule has 0 saturated carbocycles. The Bertz CT molecular complexity index is 838. The highest BCUT2D eigenvalue weighted by Gasteiger charge is 2.23. The van der Waals surface area contributed by atoms with Crippen molar-refractivity contribution in [2.75, 3.05) is 0 Å². The summed E-state index contributed by atoms with van der Waals surface area (Å²) in [6, 6.07) is 17.4. The predicted octanol–water partition coefficient (Wildman–Crippen LogP) is 2.02. The molecule has 7 heteroatoms. The monoisotopic (exact) mass is 395 g/mol. The second-order valence-electron chi connectivity index (χ2n) is 6.59. The highest BCUT2D eigenvalue weighted by Crippen LogP contribution is 2.08. The molecule has 152 valence electrons. The first kappa shape index (κ1) is 21.7. The summed E-state index contributed by atoms with van der Waals surface area (Å²) in [5.41, 5.74) is 7.09. The van der Waals surface area contributed by atoms with Gasteiger partial charge >= 0.3 is 6.09 Å². The van der Waals surface area contributed by atoms with E-state index in [1.165, 1.54) is 12.2 Å². The van der Waals surface area contributed by atoms with Crippen molar-refractivity contribution in [1.29, 1.82) is 0 Å². The number of nitrogens with two attached hydrogens (primary N) is 1. The number of hydrogen-bond donors (Lipinski definition) is 4. The smallest absolute Gasteiger partial charge is 0.405 e. The van der Waals surface area contributed by atoms with Crippen LogP contribution in [0, 0.1) is 0 Å². The zero-order valence-electron chi connectivity index (χ0n) is 16.0. The molecule has 0 fully saturated rings. The third-order valence-electron chi connectivity index (χ3n) is 4.30. The van der Waals surface area contributed by atoms with E-state index in [-0.39, 0.29) is 6.42 Å². The molecule has 29 heavy (non-hydrogen) atoms. The lowest BCUT2D eigenvalue weighted by atomic mass is 10.0. The number of carbonyl (C=O) groups excluding carboxylic acids is 2. The van der Waals surface area contributed by atoms with Crippen molar-refractivity contribution in [2.24, 2.45) is 5.73 Å². The van der Waals surface area contributed by atoms with Crippen molar-refractivity contribution in [3.63, 3.8) is 0 Å². The topological polar surface area (TPSA) is 122 Å². The molecule has 0 aliphatic heterocycles. The summed E-state index contributed by atoms with van der Waals surface area (Å²) in [5, 5.41) is 14.2. The van der Waals surface area contributed by atoms with Gasteiger partial charge in [0, 0.05) is 18.5 Å². The fraction of sp³-hybridized carbons (Fsp3) is 0.227. The summed E-state index contributed by atoms with van der Waals surface area (Å²) in [4.78, 5) is 35.0. The Labute approximate surface area is 169 Å². The first-order chi connectivity index (χ1) is 13.9. The van der Waals surface area contributed by atoms with Crippen LogP contribution in [0.3, 0.4) is 0 Å². The van der Waals surface area contributed by atoms with Gasteiger partial charge in [0.15, 0.2) is 0 Å². The van der Waals surface area contributed by atoms with Gasteiger partial charge in [0.1, 0.15) is 6.04 Å². The molecule has 0 aliphatic carbocycles. The SMILES string of the molecule is NC(=O)/C=C/C(CCc1ccccc1)NC(=O)C(Cc1ccccc1)NC(=O)O. The molecule has 0 spiro atoms. The zero-order chi connectivity index (χ0) is 21.1. The highest BCUT2D eigenvalue weighted by molar-refractivity contribution is 5.87. The third-order valence-corrected chi connectivity index (χ3v) is 4.30. The van der Waals surface area contributed by atoms with Crippen LogP contribution in [0.2, 0.25) is 0 Å². The number of aryl methyl sites for hydroxylation is 1.